The van der Waals surface area contributed by atoms with Gasteiger partial charge < -0.3 is 10.5 Å². The van der Waals surface area contributed by atoms with E-state index in [1.807, 2.05) is 6.07 Å². The van der Waals surface area contributed by atoms with Crippen molar-refractivity contribution in [3.63, 3.8) is 0 Å². The van der Waals surface area contributed by atoms with Gasteiger partial charge in [0.25, 0.3) is 5.91 Å². The number of aryl methyl sites for hydroxylation is 1. The van der Waals surface area contributed by atoms with Crippen molar-refractivity contribution in [2.75, 3.05) is 0 Å². The van der Waals surface area contributed by atoms with Gasteiger partial charge in [0.15, 0.2) is 6.10 Å². The van der Waals surface area contributed by atoms with Gasteiger partial charge in [-0.2, -0.15) is 0 Å². The van der Waals surface area contributed by atoms with E-state index in [9.17, 15) is 9.18 Å². The molecule has 5 rings (SSSR count). The first-order chi connectivity index (χ1) is 14.9. The molecule has 0 spiro atoms. The third-order valence-electron chi connectivity index (χ3n) is 8.01. The number of halogens is 1. The second kappa shape index (κ2) is 7.47. The summed E-state index contributed by atoms with van der Waals surface area (Å²) in [4.78, 5) is 15.4. The Kier molecular flexibility index (Phi) is 4.87. The molecule has 0 aliphatic heterocycles. The number of nitrogens with zero attached hydrogens (tertiary/aromatic N) is 1. The van der Waals surface area contributed by atoms with Crippen LogP contribution in [0.4, 0.5) is 4.39 Å². The third kappa shape index (κ3) is 3.35. The second-order valence-corrected chi connectivity index (χ2v) is 9.64. The number of ether oxygens (including phenoxy) is 1. The predicted octanol–water partition coefficient (Wildman–Crippen LogP) is 5.02. The van der Waals surface area contributed by atoms with E-state index in [0.29, 0.717) is 23.5 Å². The van der Waals surface area contributed by atoms with Gasteiger partial charge >= 0.3 is 0 Å². The van der Waals surface area contributed by atoms with Gasteiger partial charge in [0.1, 0.15) is 11.6 Å². The number of carbonyl (C=O) groups excluding carboxylic acids is 1. The molecule has 4 nitrogen and oxygen atoms in total. The molecule has 1 unspecified atom stereocenters. The minimum atomic E-state index is -0.634. The number of nitrogens with two attached hydrogens (primary N) is 1. The summed E-state index contributed by atoms with van der Waals surface area (Å²) in [5.74, 6) is 1.73. The highest BCUT2D eigenvalue weighted by Gasteiger charge is 2.52. The van der Waals surface area contributed by atoms with Gasteiger partial charge in [0.05, 0.1) is 6.20 Å². The van der Waals surface area contributed by atoms with Crippen molar-refractivity contribution in [3.05, 3.63) is 65.2 Å². The molecule has 3 aliphatic carbocycles. The first kappa shape index (κ1) is 20.2. The van der Waals surface area contributed by atoms with E-state index in [4.69, 9.17) is 10.5 Å². The van der Waals surface area contributed by atoms with Crippen molar-refractivity contribution in [1.82, 2.24) is 4.98 Å². The maximum Gasteiger partial charge on any atom is 0.258 e. The normalized spacial score (nSPS) is 29.9. The molecule has 162 valence electrons. The number of fused-ring (bicyclic) bond motifs is 5. The zero-order valence-electron chi connectivity index (χ0n) is 18.1. The quantitative estimate of drug-likeness (QED) is 0.755. The molecule has 1 aromatic carbocycles. The van der Waals surface area contributed by atoms with Crippen LogP contribution in [0.2, 0.25) is 0 Å². The molecule has 31 heavy (non-hydrogen) atoms. The Hall–Kier alpha value is -2.69. The maximum atomic E-state index is 13.8. The topological polar surface area (TPSA) is 65.2 Å². The largest absolute Gasteiger partial charge is 0.481 e. The molecule has 5 heteroatoms. The number of rotatable bonds is 4. The first-order valence-electron chi connectivity index (χ1n) is 11.3. The molecular weight excluding hydrogens is 391 g/mol. The van der Waals surface area contributed by atoms with Crippen LogP contribution in [0.3, 0.4) is 0 Å². The monoisotopic (exact) mass is 420 g/mol. The molecule has 1 saturated carbocycles. The van der Waals surface area contributed by atoms with Gasteiger partial charge in [0, 0.05) is 6.20 Å². The lowest BCUT2D eigenvalue weighted by Crippen LogP contribution is -2.41. The molecule has 5 atom stereocenters. The summed E-state index contributed by atoms with van der Waals surface area (Å²) in [5, 5.41) is 0. The number of hydrogen-bond donors (Lipinski definition) is 1. The molecule has 0 saturated heterocycles. The van der Waals surface area contributed by atoms with Crippen molar-refractivity contribution < 1.29 is 13.9 Å². The van der Waals surface area contributed by atoms with Gasteiger partial charge in [0.2, 0.25) is 0 Å². The minimum Gasteiger partial charge on any atom is -0.481 e. The Balaban J connectivity index is 1.39. The van der Waals surface area contributed by atoms with Crippen molar-refractivity contribution in [3.8, 4) is 5.75 Å². The fourth-order valence-corrected chi connectivity index (χ4v) is 6.47. The maximum absolute atomic E-state index is 13.8. The Morgan fingerprint density at radius 3 is 2.90 bits per heavy atom. The van der Waals surface area contributed by atoms with E-state index in [-0.39, 0.29) is 11.2 Å². The molecule has 1 amide bonds. The molecule has 0 bridgehead atoms. The van der Waals surface area contributed by atoms with Gasteiger partial charge in [-0.3, -0.25) is 9.78 Å². The van der Waals surface area contributed by atoms with E-state index in [0.717, 1.165) is 37.7 Å². The van der Waals surface area contributed by atoms with Gasteiger partial charge in [-0.1, -0.05) is 19.1 Å². The van der Waals surface area contributed by atoms with Crippen LogP contribution in [0, 0.1) is 23.1 Å². The zero-order chi connectivity index (χ0) is 21.8. The summed E-state index contributed by atoms with van der Waals surface area (Å²) in [6.07, 6.45) is 10.2. The molecule has 2 N–H and O–H groups in total. The van der Waals surface area contributed by atoms with E-state index in [2.05, 4.69) is 30.1 Å². The summed E-state index contributed by atoms with van der Waals surface area (Å²) in [7, 11) is 0. The average molecular weight is 421 g/mol. The molecule has 1 fully saturated rings. The highest BCUT2D eigenvalue weighted by atomic mass is 19.1. The zero-order valence-corrected chi connectivity index (χ0v) is 18.1. The Morgan fingerprint density at radius 2 is 2.13 bits per heavy atom. The van der Waals surface area contributed by atoms with E-state index < -0.39 is 12.0 Å². The van der Waals surface area contributed by atoms with Gasteiger partial charge in [-0.25, -0.2) is 4.39 Å². The third-order valence-corrected chi connectivity index (χ3v) is 8.01. The summed E-state index contributed by atoms with van der Waals surface area (Å²) >= 11 is 0. The SMILES string of the molecule is CC(Oc1ccc2c(c1)CC[C@@H]1[C@@H]2CC[C@]2(C)C(c3cncc(F)c3)=CC[C@@H]12)C(N)=O. The lowest BCUT2D eigenvalue weighted by molar-refractivity contribution is -0.123. The number of aromatic nitrogens is 1. The summed E-state index contributed by atoms with van der Waals surface area (Å²) < 4.78 is 19.6. The molecule has 1 aromatic heterocycles. The van der Waals surface area contributed by atoms with Crippen LogP contribution in [-0.2, 0) is 11.2 Å². The first-order valence-corrected chi connectivity index (χ1v) is 11.3. The second-order valence-electron chi connectivity index (χ2n) is 9.64. The Bertz CT molecular complexity index is 1070. The highest BCUT2D eigenvalue weighted by Crippen LogP contribution is 2.63. The molecule has 0 radical (unpaired) electrons. The Labute approximate surface area is 182 Å². The summed E-state index contributed by atoms with van der Waals surface area (Å²) in [6.45, 7) is 4.05. The smallest absolute Gasteiger partial charge is 0.258 e. The van der Waals surface area contributed by atoms with Gasteiger partial charge in [-0.15, -0.1) is 0 Å². The minimum absolute atomic E-state index is 0.0775. The van der Waals surface area contributed by atoms with E-state index >= 15 is 0 Å². The van der Waals surface area contributed by atoms with Crippen LogP contribution in [0.25, 0.3) is 5.57 Å². The van der Waals surface area contributed by atoms with Crippen molar-refractivity contribution in [1.29, 1.82) is 0 Å². The lowest BCUT2D eigenvalue weighted by Gasteiger charge is -2.50. The number of carbonyl (C=O) groups is 1. The van der Waals surface area contributed by atoms with Crippen LogP contribution in [-0.4, -0.2) is 17.0 Å². The van der Waals surface area contributed by atoms with Crippen LogP contribution in [0.1, 0.15) is 62.1 Å². The lowest BCUT2D eigenvalue weighted by atomic mass is 9.54. The van der Waals surface area contributed by atoms with Crippen molar-refractivity contribution in [2.45, 2.75) is 58.0 Å². The number of hydrogen-bond acceptors (Lipinski definition) is 3. The fraction of sp³-hybridized carbons (Fsp3) is 0.462. The predicted molar refractivity (Wildman–Crippen MR) is 118 cm³/mol. The fourth-order valence-electron chi connectivity index (χ4n) is 6.47. The molecule has 2 aromatic rings. The Morgan fingerprint density at radius 1 is 1.29 bits per heavy atom. The number of pyridine rings is 1. The summed E-state index contributed by atoms with van der Waals surface area (Å²) in [6, 6.07) is 7.89. The number of amides is 1. The number of primary amides is 1. The molecular formula is C26H29FN2O2. The summed E-state index contributed by atoms with van der Waals surface area (Å²) in [5.41, 5.74) is 10.4. The van der Waals surface area contributed by atoms with E-state index in [1.54, 1.807) is 19.2 Å². The van der Waals surface area contributed by atoms with Crippen molar-refractivity contribution >= 4 is 11.5 Å². The number of allylic oxidation sites excluding steroid dienone is 2. The molecule has 1 heterocycles. The number of benzene rings is 1. The van der Waals surface area contributed by atoms with Crippen LogP contribution in [0.5, 0.6) is 5.75 Å². The average Bonchev–Trinajstić information content (AvgIpc) is 3.10. The van der Waals surface area contributed by atoms with Crippen molar-refractivity contribution in [2.24, 2.45) is 23.0 Å². The molecule has 3 aliphatic rings. The standard InChI is InChI=1S/C26H29FN2O2/c1-15(25(28)30)31-19-4-6-20-16(12-19)3-5-22-21(20)9-10-26(2)23(7-8-24(22)26)17-11-18(27)14-29-13-17/h4,6-7,11-15,21-22,24H,3,5,8-10H2,1-2H3,(H2,28,30)/t15?,21-,22-,24+,26-/m1/s1. The van der Waals surface area contributed by atoms with Crippen LogP contribution >= 0.6 is 0 Å². The van der Waals surface area contributed by atoms with Gasteiger partial charge in [-0.05, 0) is 103 Å². The van der Waals surface area contributed by atoms with Crippen LogP contribution < -0.4 is 10.5 Å². The highest BCUT2D eigenvalue weighted by molar-refractivity contribution is 5.78. The van der Waals surface area contributed by atoms with E-state index in [1.165, 1.54) is 22.9 Å². The van der Waals surface area contributed by atoms with Crippen LogP contribution in [0.15, 0.2) is 42.7 Å².